The van der Waals surface area contributed by atoms with Gasteiger partial charge in [0.2, 0.25) is 11.8 Å². The normalized spacial score (nSPS) is 20.3. The lowest BCUT2D eigenvalue weighted by Crippen LogP contribution is -2.58. The number of nitrogens with zero attached hydrogens (tertiary/aromatic N) is 1. The maximum atomic E-state index is 12.4. The Morgan fingerprint density at radius 2 is 2.14 bits per heavy atom. The number of carboxylic acid groups (broad SMARTS) is 1. The summed E-state index contributed by atoms with van der Waals surface area (Å²) in [6, 6.07) is -0.916. The van der Waals surface area contributed by atoms with Crippen molar-refractivity contribution in [2.45, 2.75) is 39.2 Å². The topological polar surface area (TPSA) is 113 Å². The zero-order valence-electron chi connectivity index (χ0n) is 12.7. The van der Waals surface area contributed by atoms with Gasteiger partial charge in [0.25, 0.3) is 0 Å². The average Bonchev–Trinajstić information content (AvgIpc) is 2.39. The Labute approximate surface area is 124 Å². The summed E-state index contributed by atoms with van der Waals surface area (Å²) in [7, 11) is 0. The van der Waals surface area contributed by atoms with Gasteiger partial charge < -0.3 is 21.1 Å². The van der Waals surface area contributed by atoms with Gasteiger partial charge in [-0.3, -0.25) is 14.4 Å². The number of piperazine rings is 1. The highest BCUT2D eigenvalue weighted by Gasteiger charge is 2.35. The van der Waals surface area contributed by atoms with Crippen LogP contribution in [0.4, 0.5) is 0 Å². The van der Waals surface area contributed by atoms with Gasteiger partial charge in [0.1, 0.15) is 6.04 Å². The number of hydrogen-bond donors (Lipinski definition) is 3. The average molecular weight is 299 g/mol. The number of rotatable bonds is 7. The van der Waals surface area contributed by atoms with E-state index in [1.165, 1.54) is 4.90 Å². The number of carbonyl (C=O) groups excluding carboxylic acids is 2. The molecule has 0 aromatic carbocycles. The Hall–Kier alpha value is -1.63. The van der Waals surface area contributed by atoms with Gasteiger partial charge in [-0.1, -0.05) is 13.8 Å². The van der Waals surface area contributed by atoms with Gasteiger partial charge in [-0.15, -0.1) is 0 Å². The fourth-order valence-corrected chi connectivity index (χ4v) is 2.68. The second-order valence-corrected chi connectivity index (χ2v) is 5.93. The molecule has 7 nitrogen and oxygen atoms in total. The number of aliphatic carboxylic acids is 1. The minimum Gasteiger partial charge on any atom is -0.481 e. The number of carbonyl (C=O) groups is 3. The van der Waals surface area contributed by atoms with Crippen molar-refractivity contribution >= 4 is 17.8 Å². The van der Waals surface area contributed by atoms with Crippen LogP contribution in [0.2, 0.25) is 0 Å². The smallest absolute Gasteiger partial charge is 0.305 e. The number of nitrogens with one attached hydrogen (secondary N) is 1. The molecule has 0 bridgehead atoms. The molecule has 21 heavy (non-hydrogen) atoms. The van der Waals surface area contributed by atoms with Gasteiger partial charge in [-0.25, -0.2) is 0 Å². The molecule has 2 atom stereocenters. The fourth-order valence-electron chi connectivity index (χ4n) is 2.68. The van der Waals surface area contributed by atoms with Gasteiger partial charge in [0.05, 0.1) is 6.42 Å². The number of amides is 2. The van der Waals surface area contributed by atoms with E-state index in [0.717, 1.165) is 6.42 Å². The van der Waals surface area contributed by atoms with Crippen LogP contribution in [0.15, 0.2) is 0 Å². The molecule has 1 saturated heterocycles. The number of carboxylic acids is 1. The van der Waals surface area contributed by atoms with E-state index in [1.807, 2.05) is 0 Å². The Morgan fingerprint density at radius 3 is 2.67 bits per heavy atom. The fraction of sp³-hybridized carbons (Fsp3) is 0.786. The van der Waals surface area contributed by atoms with Crippen molar-refractivity contribution in [2.75, 3.05) is 19.6 Å². The molecule has 4 N–H and O–H groups in total. The first-order chi connectivity index (χ1) is 9.85. The van der Waals surface area contributed by atoms with Crippen LogP contribution in [0.25, 0.3) is 0 Å². The van der Waals surface area contributed by atoms with Crippen LogP contribution < -0.4 is 11.1 Å². The quantitative estimate of drug-likeness (QED) is 0.602. The molecule has 2 amide bonds. The van der Waals surface area contributed by atoms with Gasteiger partial charge in [0.15, 0.2) is 0 Å². The van der Waals surface area contributed by atoms with E-state index in [2.05, 4.69) is 19.2 Å². The third-order valence-corrected chi connectivity index (χ3v) is 3.62. The predicted molar refractivity (Wildman–Crippen MR) is 77.4 cm³/mol. The molecule has 1 rings (SSSR count). The van der Waals surface area contributed by atoms with Crippen molar-refractivity contribution in [3.05, 3.63) is 0 Å². The monoisotopic (exact) mass is 299 g/mol. The first-order valence-electron chi connectivity index (χ1n) is 7.34. The lowest BCUT2D eigenvalue weighted by molar-refractivity contribution is -0.149. The largest absolute Gasteiger partial charge is 0.481 e. The van der Waals surface area contributed by atoms with E-state index in [0.29, 0.717) is 25.6 Å². The third kappa shape index (κ3) is 5.34. The number of hydrogen-bond acceptors (Lipinski definition) is 4. The van der Waals surface area contributed by atoms with Crippen molar-refractivity contribution in [2.24, 2.45) is 17.6 Å². The minimum absolute atomic E-state index is 0.0629. The van der Waals surface area contributed by atoms with Crippen molar-refractivity contribution < 1.29 is 19.5 Å². The van der Waals surface area contributed by atoms with Crippen molar-refractivity contribution in [3.8, 4) is 0 Å². The highest BCUT2D eigenvalue weighted by Crippen LogP contribution is 2.18. The lowest BCUT2D eigenvalue weighted by atomic mass is 9.93. The predicted octanol–water partition coefficient (Wildman–Crippen LogP) is -0.201. The van der Waals surface area contributed by atoms with Crippen molar-refractivity contribution in [1.82, 2.24) is 10.2 Å². The molecule has 0 radical (unpaired) electrons. The van der Waals surface area contributed by atoms with E-state index in [-0.39, 0.29) is 24.7 Å². The van der Waals surface area contributed by atoms with Crippen molar-refractivity contribution in [1.29, 1.82) is 0 Å². The maximum absolute atomic E-state index is 12.4. The highest BCUT2D eigenvalue weighted by atomic mass is 16.4. The van der Waals surface area contributed by atoms with Gasteiger partial charge in [-0.2, -0.15) is 0 Å². The van der Waals surface area contributed by atoms with Crippen LogP contribution in [0.3, 0.4) is 0 Å². The van der Waals surface area contributed by atoms with E-state index in [4.69, 9.17) is 10.8 Å². The van der Waals surface area contributed by atoms with Crippen LogP contribution in [0.5, 0.6) is 0 Å². The molecular formula is C14H25N3O4. The molecule has 0 spiro atoms. The zero-order valence-corrected chi connectivity index (χ0v) is 12.7. The first-order valence-corrected chi connectivity index (χ1v) is 7.34. The molecule has 1 unspecified atom stereocenters. The second kappa shape index (κ2) is 7.97. The third-order valence-electron chi connectivity index (χ3n) is 3.62. The summed E-state index contributed by atoms with van der Waals surface area (Å²) in [4.78, 5) is 36.4. The van der Waals surface area contributed by atoms with Crippen molar-refractivity contribution in [3.63, 3.8) is 0 Å². The molecular weight excluding hydrogens is 274 g/mol. The maximum Gasteiger partial charge on any atom is 0.305 e. The van der Waals surface area contributed by atoms with Crippen LogP contribution in [0.1, 0.15) is 33.1 Å². The van der Waals surface area contributed by atoms with Crippen LogP contribution in [-0.2, 0) is 14.4 Å². The molecule has 0 aromatic heterocycles. The van der Waals surface area contributed by atoms with Crippen LogP contribution in [0, 0.1) is 11.8 Å². The SMILES string of the molecule is CC(C)C[C@H](CN)CC(=O)N1CCNC(=O)C1CC(=O)O. The van der Waals surface area contributed by atoms with E-state index in [1.54, 1.807) is 0 Å². The van der Waals surface area contributed by atoms with E-state index < -0.39 is 17.9 Å². The highest BCUT2D eigenvalue weighted by molar-refractivity contribution is 5.91. The first kappa shape index (κ1) is 17.4. The summed E-state index contributed by atoms with van der Waals surface area (Å²) in [6.45, 7) is 5.25. The molecule has 0 aliphatic carbocycles. The van der Waals surface area contributed by atoms with Gasteiger partial charge in [0, 0.05) is 19.5 Å². The molecule has 1 heterocycles. The molecule has 7 heteroatoms. The molecule has 0 aromatic rings. The summed E-state index contributed by atoms with van der Waals surface area (Å²) < 4.78 is 0. The Morgan fingerprint density at radius 1 is 1.48 bits per heavy atom. The Balaban J connectivity index is 2.72. The summed E-state index contributed by atoms with van der Waals surface area (Å²) >= 11 is 0. The Kier molecular flexibility index (Phi) is 6.61. The van der Waals surface area contributed by atoms with Gasteiger partial charge in [-0.05, 0) is 24.8 Å². The molecule has 0 saturated carbocycles. The molecule has 1 aliphatic heterocycles. The molecule has 1 aliphatic rings. The zero-order chi connectivity index (χ0) is 16.0. The van der Waals surface area contributed by atoms with E-state index in [9.17, 15) is 14.4 Å². The summed E-state index contributed by atoms with van der Waals surface area (Å²) in [5.74, 6) is -1.18. The number of nitrogens with two attached hydrogens (primary N) is 1. The minimum atomic E-state index is -1.09. The van der Waals surface area contributed by atoms with E-state index >= 15 is 0 Å². The summed E-state index contributed by atoms with van der Waals surface area (Å²) in [6.07, 6.45) is 0.735. The van der Waals surface area contributed by atoms with Crippen LogP contribution >= 0.6 is 0 Å². The molecule has 1 fully saturated rings. The Bertz CT molecular complexity index is 398. The van der Waals surface area contributed by atoms with Crippen LogP contribution in [-0.4, -0.2) is 53.5 Å². The summed E-state index contributed by atoms with van der Waals surface area (Å²) in [5.41, 5.74) is 5.70. The summed E-state index contributed by atoms with van der Waals surface area (Å²) in [5, 5.41) is 11.5. The molecule has 120 valence electrons. The second-order valence-electron chi connectivity index (χ2n) is 5.93. The lowest BCUT2D eigenvalue weighted by Gasteiger charge is -2.35. The van der Waals surface area contributed by atoms with Gasteiger partial charge >= 0.3 is 5.97 Å². The standard InChI is InChI=1S/C14H25N3O4/c1-9(2)5-10(8-15)6-12(18)17-4-3-16-14(21)11(17)7-13(19)20/h9-11H,3-8,15H2,1-2H3,(H,16,21)(H,19,20)/t10-,11?/m0/s1.